The molecule has 120 valence electrons. The van der Waals surface area contributed by atoms with Crippen molar-refractivity contribution in [2.45, 2.75) is 6.04 Å². The average Bonchev–Trinajstić information content (AvgIpc) is 2.51. The molecule has 0 radical (unpaired) electrons. The monoisotopic (exact) mass is 309 g/mol. The van der Waals surface area contributed by atoms with Crippen molar-refractivity contribution in [1.82, 2.24) is 5.32 Å². The van der Waals surface area contributed by atoms with Gasteiger partial charge in [-0.25, -0.2) is 4.79 Å². The third kappa shape index (κ3) is 4.78. The second-order valence-corrected chi connectivity index (χ2v) is 4.28. The molecule has 0 heterocycles. The summed E-state index contributed by atoms with van der Waals surface area (Å²) in [5, 5.41) is 11.4. The van der Waals surface area contributed by atoms with Gasteiger partial charge in [0.2, 0.25) is 0 Å². The molecule has 1 rings (SSSR count). The van der Waals surface area contributed by atoms with E-state index in [2.05, 4.69) is 11.9 Å². The summed E-state index contributed by atoms with van der Waals surface area (Å²) in [6, 6.07) is 3.44. The van der Waals surface area contributed by atoms with Crippen LogP contribution in [0.5, 0.6) is 11.5 Å². The normalized spacial score (nSPS) is 11.4. The molecule has 0 saturated heterocycles. The van der Waals surface area contributed by atoms with Gasteiger partial charge < -0.3 is 24.6 Å². The van der Waals surface area contributed by atoms with Crippen molar-refractivity contribution in [1.29, 1.82) is 0 Å². The average molecular weight is 309 g/mol. The van der Waals surface area contributed by atoms with Gasteiger partial charge in [-0.15, -0.1) is 0 Å². The molecular weight excluding hydrogens is 290 g/mol. The number of carboxylic acids is 1. The van der Waals surface area contributed by atoms with Crippen LogP contribution in [0.4, 0.5) is 0 Å². The van der Waals surface area contributed by atoms with Gasteiger partial charge in [0, 0.05) is 12.7 Å². The lowest BCUT2D eigenvalue weighted by Gasteiger charge is -2.15. The number of rotatable bonds is 9. The minimum atomic E-state index is -1.17. The van der Waals surface area contributed by atoms with E-state index in [9.17, 15) is 9.59 Å². The van der Waals surface area contributed by atoms with Gasteiger partial charge in [-0.1, -0.05) is 12.7 Å². The Kier molecular flexibility index (Phi) is 6.91. The zero-order valence-corrected chi connectivity index (χ0v) is 12.5. The molecule has 7 heteroatoms. The molecule has 0 aliphatic carbocycles. The number of hydrogen-bond donors (Lipinski definition) is 2. The number of carbonyl (C=O) groups excluding carboxylic acids is 1. The Bertz CT molecular complexity index is 543. The van der Waals surface area contributed by atoms with Gasteiger partial charge in [-0.05, 0) is 18.2 Å². The first-order valence-electron chi connectivity index (χ1n) is 6.47. The third-order valence-corrected chi connectivity index (χ3v) is 2.72. The van der Waals surface area contributed by atoms with Crippen molar-refractivity contribution in [2.24, 2.45) is 0 Å². The van der Waals surface area contributed by atoms with E-state index in [0.717, 1.165) is 0 Å². The Morgan fingerprint density at radius 3 is 2.64 bits per heavy atom. The number of benzene rings is 1. The van der Waals surface area contributed by atoms with Crippen LogP contribution in [0.1, 0.15) is 10.4 Å². The Morgan fingerprint density at radius 2 is 2.09 bits per heavy atom. The molecule has 22 heavy (non-hydrogen) atoms. The fraction of sp³-hybridized carbons (Fsp3) is 0.333. The quantitative estimate of drug-likeness (QED) is 0.663. The smallest absolute Gasteiger partial charge is 0.328 e. The van der Waals surface area contributed by atoms with Crippen LogP contribution in [0.2, 0.25) is 0 Å². The Morgan fingerprint density at radius 1 is 1.36 bits per heavy atom. The van der Waals surface area contributed by atoms with Gasteiger partial charge in [0.05, 0.1) is 13.7 Å². The first kappa shape index (κ1) is 17.5. The molecular formula is C15H19NO6. The second kappa shape index (κ2) is 8.68. The second-order valence-electron chi connectivity index (χ2n) is 4.28. The number of amides is 1. The molecule has 1 atom stereocenters. The number of carboxylic acid groups (broad SMARTS) is 1. The Balaban J connectivity index is 2.89. The number of aliphatic carboxylic acids is 1. The summed E-state index contributed by atoms with van der Waals surface area (Å²) in [4.78, 5) is 23.1. The number of hydrogen-bond acceptors (Lipinski definition) is 5. The topological polar surface area (TPSA) is 94.1 Å². The van der Waals surface area contributed by atoms with E-state index in [0.29, 0.717) is 18.1 Å². The summed E-state index contributed by atoms with van der Waals surface area (Å²) >= 11 is 0. The number of nitrogens with one attached hydrogen (secondary N) is 1. The lowest BCUT2D eigenvalue weighted by Crippen LogP contribution is -2.43. The van der Waals surface area contributed by atoms with E-state index in [-0.39, 0.29) is 12.2 Å². The summed E-state index contributed by atoms with van der Waals surface area (Å²) in [5.41, 5.74) is 0.255. The van der Waals surface area contributed by atoms with Gasteiger partial charge in [-0.3, -0.25) is 4.79 Å². The van der Waals surface area contributed by atoms with Crippen molar-refractivity contribution in [3.8, 4) is 11.5 Å². The van der Waals surface area contributed by atoms with Crippen LogP contribution >= 0.6 is 0 Å². The molecule has 1 amide bonds. The van der Waals surface area contributed by atoms with Crippen LogP contribution in [0, 0.1) is 0 Å². The zero-order valence-electron chi connectivity index (χ0n) is 12.5. The summed E-state index contributed by atoms with van der Waals surface area (Å²) in [7, 11) is 2.81. The molecule has 1 aromatic rings. The van der Waals surface area contributed by atoms with Crippen molar-refractivity contribution in [2.75, 3.05) is 27.4 Å². The molecule has 2 N–H and O–H groups in total. The van der Waals surface area contributed by atoms with Gasteiger partial charge in [0.15, 0.2) is 17.5 Å². The highest BCUT2D eigenvalue weighted by atomic mass is 16.5. The lowest BCUT2D eigenvalue weighted by molar-refractivity contribution is -0.140. The van der Waals surface area contributed by atoms with Crippen LogP contribution in [0.3, 0.4) is 0 Å². The van der Waals surface area contributed by atoms with Crippen molar-refractivity contribution < 1.29 is 28.9 Å². The number of ether oxygens (including phenoxy) is 3. The Hall–Kier alpha value is -2.54. The summed E-state index contributed by atoms with van der Waals surface area (Å²) < 4.78 is 15.3. The van der Waals surface area contributed by atoms with E-state index < -0.39 is 17.9 Å². The van der Waals surface area contributed by atoms with E-state index in [1.807, 2.05) is 0 Å². The first-order valence-corrected chi connectivity index (χ1v) is 6.47. The molecule has 0 aromatic heterocycles. The fourth-order valence-corrected chi connectivity index (χ4v) is 1.66. The van der Waals surface area contributed by atoms with Gasteiger partial charge >= 0.3 is 5.97 Å². The summed E-state index contributed by atoms with van der Waals surface area (Å²) in [6.07, 6.45) is 1.59. The molecule has 1 aromatic carbocycles. The van der Waals surface area contributed by atoms with Gasteiger partial charge in [0.25, 0.3) is 5.91 Å². The predicted octanol–water partition coefficient (Wildman–Crippen LogP) is 1.09. The van der Waals surface area contributed by atoms with Gasteiger partial charge in [0.1, 0.15) is 6.61 Å². The van der Waals surface area contributed by atoms with E-state index in [1.165, 1.54) is 26.4 Å². The van der Waals surface area contributed by atoms with Crippen molar-refractivity contribution in [3.63, 3.8) is 0 Å². The van der Waals surface area contributed by atoms with Crippen LogP contribution in [-0.4, -0.2) is 50.5 Å². The minimum Gasteiger partial charge on any atom is -0.493 e. The molecule has 7 nitrogen and oxygen atoms in total. The van der Waals surface area contributed by atoms with E-state index in [4.69, 9.17) is 19.3 Å². The zero-order chi connectivity index (χ0) is 16.5. The highest BCUT2D eigenvalue weighted by Gasteiger charge is 2.21. The SMILES string of the molecule is C=CCOc1ccc(C(=O)NC(COC)C(=O)O)cc1OC. The van der Waals surface area contributed by atoms with Crippen LogP contribution in [0.15, 0.2) is 30.9 Å². The van der Waals surface area contributed by atoms with Crippen molar-refractivity contribution in [3.05, 3.63) is 36.4 Å². The molecule has 0 bridgehead atoms. The lowest BCUT2D eigenvalue weighted by atomic mass is 10.1. The number of methoxy groups -OCH3 is 2. The maximum Gasteiger partial charge on any atom is 0.328 e. The maximum atomic E-state index is 12.1. The molecule has 0 spiro atoms. The molecule has 0 fully saturated rings. The van der Waals surface area contributed by atoms with Crippen molar-refractivity contribution >= 4 is 11.9 Å². The molecule has 0 aliphatic rings. The standard InChI is InChI=1S/C15H19NO6/c1-4-7-22-12-6-5-10(8-13(12)21-3)14(17)16-11(9-20-2)15(18)19/h4-6,8,11H,1,7,9H2,2-3H3,(H,16,17)(H,18,19). The van der Waals surface area contributed by atoms with E-state index in [1.54, 1.807) is 12.1 Å². The summed E-state index contributed by atoms with van der Waals surface area (Å²) in [5.74, 6) is -0.884. The van der Waals surface area contributed by atoms with Crippen LogP contribution in [0.25, 0.3) is 0 Å². The van der Waals surface area contributed by atoms with Gasteiger partial charge in [-0.2, -0.15) is 0 Å². The van der Waals surface area contributed by atoms with Crippen LogP contribution < -0.4 is 14.8 Å². The third-order valence-electron chi connectivity index (χ3n) is 2.72. The first-order chi connectivity index (χ1) is 10.5. The minimum absolute atomic E-state index is 0.126. The fourth-order valence-electron chi connectivity index (χ4n) is 1.66. The number of carbonyl (C=O) groups is 2. The molecule has 1 unspecified atom stereocenters. The Labute approximate surface area is 128 Å². The predicted molar refractivity (Wildman–Crippen MR) is 79.5 cm³/mol. The molecule has 0 saturated carbocycles. The molecule has 0 aliphatic heterocycles. The maximum absolute atomic E-state index is 12.1. The largest absolute Gasteiger partial charge is 0.493 e. The van der Waals surface area contributed by atoms with Crippen LogP contribution in [-0.2, 0) is 9.53 Å². The summed E-state index contributed by atoms with van der Waals surface area (Å²) in [6.45, 7) is 3.72. The highest BCUT2D eigenvalue weighted by molar-refractivity contribution is 5.97. The van der Waals surface area contributed by atoms with E-state index >= 15 is 0 Å². The highest BCUT2D eigenvalue weighted by Crippen LogP contribution is 2.28.